The Morgan fingerprint density at radius 3 is 2.42 bits per heavy atom. The van der Waals surface area contributed by atoms with Gasteiger partial charge >= 0.3 is 0 Å². The van der Waals surface area contributed by atoms with E-state index in [2.05, 4.69) is 17.3 Å². The Balaban J connectivity index is 1.61. The number of hydrogen-bond donors (Lipinski definition) is 1. The highest BCUT2D eigenvalue weighted by atomic mass is 16.5. The van der Waals surface area contributed by atoms with Crippen molar-refractivity contribution in [2.75, 3.05) is 40.4 Å². The normalized spacial score (nSPS) is 17.4. The standard InChI is InChI=1S/C15H24N2O2/c1-17-10-7-13(8-11-17)16-9-12-19-15-5-3-14(18-2)4-6-15/h3-6,13,16H,7-12H2,1-2H3. The molecule has 4 heteroatoms. The largest absolute Gasteiger partial charge is 0.497 e. The molecule has 106 valence electrons. The second-order valence-corrected chi connectivity index (χ2v) is 5.06. The summed E-state index contributed by atoms with van der Waals surface area (Å²) in [5.41, 5.74) is 0. The third-order valence-corrected chi connectivity index (χ3v) is 3.58. The van der Waals surface area contributed by atoms with Crippen LogP contribution < -0.4 is 14.8 Å². The molecule has 0 amide bonds. The molecule has 0 saturated carbocycles. The van der Waals surface area contributed by atoms with Crippen molar-refractivity contribution in [3.63, 3.8) is 0 Å². The SMILES string of the molecule is COc1ccc(OCCNC2CCN(C)CC2)cc1. The van der Waals surface area contributed by atoms with Gasteiger partial charge in [-0.05, 0) is 57.2 Å². The van der Waals surface area contributed by atoms with Crippen LogP contribution in [0.2, 0.25) is 0 Å². The van der Waals surface area contributed by atoms with Crippen LogP contribution in [-0.4, -0.2) is 51.3 Å². The van der Waals surface area contributed by atoms with Crippen LogP contribution in [0.25, 0.3) is 0 Å². The predicted octanol–water partition coefficient (Wildman–Crippen LogP) is 1.76. The van der Waals surface area contributed by atoms with Crippen LogP contribution in [0.15, 0.2) is 24.3 Å². The first-order chi connectivity index (χ1) is 9.28. The van der Waals surface area contributed by atoms with Crippen molar-refractivity contribution in [1.82, 2.24) is 10.2 Å². The van der Waals surface area contributed by atoms with Gasteiger partial charge < -0.3 is 19.7 Å². The van der Waals surface area contributed by atoms with Crippen LogP contribution in [-0.2, 0) is 0 Å². The first kappa shape index (κ1) is 14.2. The maximum Gasteiger partial charge on any atom is 0.119 e. The molecule has 1 fully saturated rings. The van der Waals surface area contributed by atoms with Crippen LogP contribution in [0.3, 0.4) is 0 Å². The Hall–Kier alpha value is -1.26. The summed E-state index contributed by atoms with van der Waals surface area (Å²) >= 11 is 0. The Bertz CT molecular complexity index is 359. The van der Waals surface area contributed by atoms with Gasteiger partial charge in [0, 0.05) is 12.6 Å². The van der Waals surface area contributed by atoms with Gasteiger partial charge in [0.15, 0.2) is 0 Å². The highest BCUT2D eigenvalue weighted by Crippen LogP contribution is 2.16. The number of benzene rings is 1. The number of piperidine rings is 1. The van der Waals surface area contributed by atoms with E-state index in [1.165, 1.54) is 25.9 Å². The van der Waals surface area contributed by atoms with Gasteiger partial charge in [0.25, 0.3) is 0 Å². The molecule has 1 aromatic carbocycles. The van der Waals surface area contributed by atoms with Gasteiger partial charge in [0.05, 0.1) is 7.11 Å². The molecule has 1 aliphatic rings. The second-order valence-electron chi connectivity index (χ2n) is 5.06. The maximum atomic E-state index is 5.69. The van der Waals surface area contributed by atoms with Gasteiger partial charge in [0.1, 0.15) is 18.1 Å². The van der Waals surface area contributed by atoms with E-state index in [1.807, 2.05) is 24.3 Å². The third kappa shape index (κ3) is 4.73. The van der Waals surface area contributed by atoms with Crippen molar-refractivity contribution in [3.8, 4) is 11.5 Å². The highest BCUT2D eigenvalue weighted by Gasteiger charge is 2.15. The first-order valence-electron chi connectivity index (χ1n) is 6.96. The Morgan fingerprint density at radius 1 is 1.16 bits per heavy atom. The summed E-state index contributed by atoms with van der Waals surface area (Å²) in [4.78, 5) is 2.38. The van der Waals surface area contributed by atoms with Gasteiger partial charge in [0.2, 0.25) is 0 Å². The molecule has 0 aromatic heterocycles. The molecular formula is C15H24N2O2. The fourth-order valence-electron chi connectivity index (χ4n) is 2.32. The number of likely N-dealkylation sites (tertiary alicyclic amines) is 1. The van der Waals surface area contributed by atoms with Gasteiger partial charge in [-0.25, -0.2) is 0 Å². The highest BCUT2D eigenvalue weighted by molar-refractivity contribution is 5.31. The molecule has 1 saturated heterocycles. The minimum absolute atomic E-state index is 0.649. The molecule has 4 nitrogen and oxygen atoms in total. The van der Waals surface area contributed by atoms with Crippen molar-refractivity contribution in [3.05, 3.63) is 24.3 Å². The average molecular weight is 264 g/mol. The van der Waals surface area contributed by atoms with E-state index >= 15 is 0 Å². The molecule has 1 N–H and O–H groups in total. The van der Waals surface area contributed by atoms with E-state index in [0.717, 1.165) is 18.0 Å². The molecule has 0 bridgehead atoms. The first-order valence-corrected chi connectivity index (χ1v) is 6.96. The molecule has 1 heterocycles. The second kappa shape index (κ2) is 7.36. The molecule has 0 atom stereocenters. The van der Waals surface area contributed by atoms with Crippen LogP contribution in [0, 0.1) is 0 Å². The smallest absolute Gasteiger partial charge is 0.119 e. The van der Waals surface area contributed by atoms with E-state index in [1.54, 1.807) is 7.11 Å². The van der Waals surface area contributed by atoms with Gasteiger partial charge in [-0.2, -0.15) is 0 Å². The summed E-state index contributed by atoms with van der Waals surface area (Å²) < 4.78 is 10.8. The molecule has 0 radical (unpaired) electrons. The van der Waals surface area contributed by atoms with Crippen LogP contribution in [0.1, 0.15) is 12.8 Å². The number of methoxy groups -OCH3 is 1. The lowest BCUT2D eigenvalue weighted by molar-refractivity contribution is 0.224. The van der Waals surface area contributed by atoms with E-state index in [0.29, 0.717) is 12.6 Å². The van der Waals surface area contributed by atoms with Gasteiger partial charge in [-0.1, -0.05) is 0 Å². The number of nitrogens with one attached hydrogen (secondary N) is 1. The van der Waals surface area contributed by atoms with E-state index in [4.69, 9.17) is 9.47 Å². The van der Waals surface area contributed by atoms with E-state index in [9.17, 15) is 0 Å². The van der Waals surface area contributed by atoms with Crippen LogP contribution in [0.4, 0.5) is 0 Å². The minimum atomic E-state index is 0.649. The molecular weight excluding hydrogens is 240 g/mol. The van der Waals surface area contributed by atoms with Crippen LogP contribution >= 0.6 is 0 Å². The molecule has 19 heavy (non-hydrogen) atoms. The summed E-state index contributed by atoms with van der Waals surface area (Å²) in [7, 11) is 3.85. The van der Waals surface area contributed by atoms with Crippen molar-refractivity contribution in [2.24, 2.45) is 0 Å². The summed E-state index contributed by atoms with van der Waals surface area (Å²) in [5, 5.41) is 3.56. The van der Waals surface area contributed by atoms with Crippen molar-refractivity contribution in [2.45, 2.75) is 18.9 Å². The zero-order valence-electron chi connectivity index (χ0n) is 11.9. The van der Waals surface area contributed by atoms with Crippen molar-refractivity contribution >= 4 is 0 Å². The average Bonchev–Trinajstić information content (AvgIpc) is 2.46. The third-order valence-electron chi connectivity index (χ3n) is 3.58. The quantitative estimate of drug-likeness (QED) is 0.794. The fraction of sp³-hybridized carbons (Fsp3) is 0.600. The number of rotatable bonds is 6. The Labute approximate surface area is 115 Å². The number of hydrogen-bond acceptors (Lipinski definition) is 4. The summed E-state index contributed by atoms with van der Waals surface area (Å²) in [6.07, 6.45) is 2.47. The summed E-state index contributed by atoms with van der Waals surface area (Å²) in [6.45, 7) is 3.99. The van der Waals surface area contributed by atoms with E-state index in [-0.39, 0.29) is 0 Å². The Kier molecular flexibility index (Phi) is 5.48. The zero-order valence-corrected chi connectivity index (χ0v) is 11.9. The number of nitrogens with zero attached hydrogens (tertiary/aromatic N) is 1. The molecule has 0 spiro atoms. The van der Waals surface area contributed by atoms with Crippen LogP contribution in [0.5, 0.6) is 11.5 Å². The van der Waals surface area contributed by atoms with Crippen molar-refractivity contribution < 1.29 is 9.47 Å². The molecule has 1 aliphatic heterocycles. The van der Waals surface area contributed by atoms with Gasteiger partial charge in [-0.3, -0.25) is 0 Å². The minimum Gasteiger partial charge on any atom is -0.497 e. The topological polar surface area (TPSA) is 33.7 Å². The lowest BCUT2D eigenvalue weighted by atomic mass is 10.1. The summed E-state index contributed by atoms with van der Waals surface area (Å²) in [6, 6.07) is 8.36. The molecule has 1 aromatic rings. The number of ether oxygens (including phenoxy) is 2. The molecule has 0 aliphatic carbocycles. The Morgan fingerprint density at radius 2 is 1.79 bits per heavy atom. The fourth-order valence-corrected chi connectivity index (χ4v) is 2.32. The lowest BCUT2D eigenvalue weighted by Crippen LogP contribution is -2.42. The van der Waals surface area contributed by atoms with Crippen molar-refractivity contribution in [1.29, 1.82) is 0 Å². The zero-order chi connectivity index (χ0) is 13.5. The van der Waals surface area contributed by atoms with Gasteiger partial charge in [-0.15, -0.1) is 0 Å². The maximum absolute atomic E-state index is 5.69. The predicted molar refractivity (Wildman–Crippen MR) is 77.0 cm³/mol. The molecule has 2 rings (SSSR count). The van der Waals surface area contributed by atoms with E-state index < -0.39 is 0 Å². The lowest BCUT2D eigenvalue weighted by Gasteiger charge is -2.29. The monoisotopic (exact) mass is 264 g/mol. The summed E-state index contributed by atoms with van der Waals surface area (Å²) in [5.74, 6) is 1.75. The molecule has 0 unspecified atom stereocenters.